The number of hydrogen-bond donors (Lipinski definition) is 2. The molecule has 12 heavy (non-hydrogen) atoms. The minimum absolute atomic E-state index is 0.0748. The maximum Gasteiger partial charge on any atom is 0.0768 e. The van der Waals surface area contributed by atoms with E-state index in [-0.39, 0.29) is 22.6 Å². The standard InChI is InChI=1S/C8H10Cl2O2/c9-7-5-3(11)1-2-4(12)6(5)8(7)10/h1-8,11-12H/t3-,4+,5+,6-,7-,8+. The predicted molar refractivity (Wildman–Crippen MR) is 47.4 cm³/mol. The lowest BCUT2D eigenvalue weighted by atomic mass is 9.64. The van der Waals surface area contributed by atoms with E-state index in [0.717, 1.165) is 0 Å². The molecule has 2 rings (SSSR count). The van der Waals surface area contributed by atoms with E-state index in [2.05, 4.69) is 0 Å². The van der Waals surface area contributed by atoms with E-state index in [1.54, 1.807) is 12.2 Å². The fourth-order valence-corrected chi connectivity index (χ4v) is 2.99. The lowest BCUT2D eigenvalue weighted by Crippen LogP contribution is -2.60. The summed E-state index contributed by atoms with van der Waals surface area (Å²) in [6, 6.07) is 0. The molecule has 0 radical (unpaired) electrons. The summed E-state index contributed by atoms with van der Waals surface area (Å²) < 4.78 is 0. The molecule has 0 amide bonds. The fourth-order valence-electron chi connectivity index (χ4n) is 2.02. The van der Waals surface area contributed by atoms with E-state index in [0.29, 0.717) is 0 Å². The molecule has 2 nitrogen and oxygen atoms in total. The number of aliphatic hydroxyl groups excluding tert-OH is 2. The second kappa shape index (κ2) is 2.88. The Balaban J connectivity index is 2.20. The summed E-state index contributed by atoms with van der Waals surface area (Å²) in [6.07, 6.45) is 2.08. The third-order valence-corrected chi connectivity index (χ3v) is 4.03. The highest BCUT2D eigenvalue weighted by molar-refractivity contribution is 6.31. The predicted octanol–water partition coefficient (Wildman–Crippen LogP) is 0.739. The lowest BCUT2D eigenvalue weighted by Gasteiger charge is -2.51. The summed E-state index contributed by atoms with van der Waals surface area (Å²) in [5.41, 5.74) is 0. The van der Waals surface area contributed by atoms with E-state index in [4.69, 9.17) is 23.2 Å². The van der Waals surface area contributed by atoms with Gasteiger partial charge in [0.2, 0.25) is 0 Å². The van der Waals surface area contributed by atoms with Crippen LogP contribution in [0.25, 0.3) is 0 Å². The monoisotopic (exact) mass is 208 g/mol. The number of halogens is 2. The molecule has 2 aliphatic carbocycles. The van der Waals surface area contributed by atoms with Gasteiger partial charge in [-0.2, -0.15) is 0 Å². The van der Waals surface area contributed by atoms with Crippen LogP contribution >= 0.6 is 23.2 Å². The summed E-state index contributed by atoms with van der Waals surface area (Å²) in [5.74, 6) is -0.150. The molecule has 0 aliphatic heterocycles. The van der Waals surface area contributed by atoms with Gasteiger partial charge in [0.15, 0.2) is 0 Å². The average molecular weight is 209 g/mol. The maximum atomic E-state index is 9.46. The van der Waals surface area contributed by atoms with Crippen molar-refractivity contribution in [3.63, 3.8) is 0 Å². The normalized spacial score (nSPS) is 57.7. The molecule has 0 unspecified atom stereocenters. The summed E-state index contributed by atoms with van der Waals surface area (Å²) in [6.45, 7) is 0. The van der Waals surface area contributed by atoms with Gasteiger partial charge in [-0.15, -0.1) is 23.2 Å². The molecule has 4 heteroatoms. The maximum absolute atomic E-state index is 9.46. The van der Waals surface area contributed by atoms with Gasteiger partial charge < -0.3 is 10.2 Å². The molecule has 2 N–H and O–H groups in total. The van der Waals surface area contributed by atoms with Crippen molar-refractivity contribution in [3.8, 4) is 0 Å². The number of hydrogen-bond acceptors (Lipinski definition) is 2. The van der Waals surface area contributed by atoms with Crippen LogP contribution in [0.2, 0.25) is 0 Å². The van der Waals surface area contributed by atoms with Gasteiger partial charge in [0.1, 0.15) is 0 Å². The van der Waals surface area contributed by atoms with Crippen LogP contribution in [0, 0.1) is 11.8 Å². The Morgan fingerprint density at radius 1 is 0.833 bits per heavy atom. The van der Waals surface area contributed by atoms with Crippen molar-refractivity contribution >= 4 is 23.2 Å². The zero-order valence-corrected chi connectivity index (χ0v) is 7.78. The summed E-state index contributed by atoms with van der Waals surface area (Å²) in [5, 5.41) is 18.5. The Bertz CT molecular complexity index is 197. The molecule has 1 fully saturated rings. The van der Waals surface area contributed by atoms with Crippen LogP contribution in [-0.2, 0) is 0 Å². The topological polar surface area (TPSA) is 40.5 Å². The molecule has 0 saturated heterocycles. The highest BCUT2D eigenvalue weighted by Gasteiger charge is 2.55. The van der Waals surface area contributed by atoms with E-state index in [9.17, 15) is 10.2 Å². The molecule has 0 bridgehead atoms. The van der Waals surface area contributed by atoms with Crippen LogP contribution in [0.5, 0.6) is 0 Å². The molecule has 68 valence electrons. The Morgan fingerprint density at radius 3 is 1.50 bits per heavy atom. The molecular weight excluding hydrogens is 199 g/mol. The van der Waals surface area contributed by atoms with Crippen LogP contribution in [0.4, 0.5) is 0 Å². The highest BCUT2D eigenvalue weighted by Crippen LogP contribution is 2.48. The van der Waals surface area contributed by atoms with Crippen molar-refractivity contribution in [1.29, 1.82) is 0 Å². The van der Waals surface area contributed by atoms with Crippen molar-refractivity contribution < 1.29 is 10.2 Å². The molecule has 0 heterocycles. The number of fused-ring (bicyclic) bond motifs is 1. The smallest absolute Gasteiger partial charge is 0.0768 e. The molecule has 2 aliphatic rings. The molecule has 0 spiro atoms. The fraction of sp³-hybridized carbons (Fsp3) is 0.750. The van der Waals surface area contributed by atoms with Gasteiger partial charge in [-0.05, 0) is 0 Å². The Morgan fingerprint density at radius 2 is 1.17 bits per heavy atom. The molecule has 6 atom stereocenters. The van der Waals surface area contributed by atoms with E-state index in [1.165, 1.54) is 0 Å². The summed E-state index contributed by atoms with van der Waals surface area (Å²) in [7, 11) is 0. The second-order valence-corrected chi connectivity index (χ2v) is 4.42. The first-order chi connectivity index (χ1) is 5.63. The third kappa shape index (κ3) is 1.02. The molecule has 0 aromatic carbocycles. The molecule has 0 aromatic rings. The molecular formula is C8H10Cl2O2. The highest BCUT2D eigenvalue weighted by atomic mass is 35.5. The van der Waals surface area contributed by atoms with Crippen LogP contribution < -0.4 is 0 Å². The Kier molecular flexibility index (Phi) is 2.11. The minimum Gasteiger partial charge on any atom is -0.389 e. The van der Waals surface area contributed by atoms with Crippen molar-refractivity contribution in [2.24, 2.45) is 11.8 Å². The number of alkyl halides is 2. The second-order valence-electron chi connectivity index (χ2n) is 3.41. The minimum atomic E-state index is -0.545. The van der Waals surface area contributed by atoms with Gasteiger partial charge in [-0.1, -0.05) is 12.2 Å². The zero-order valence-electron chi connectivity index (χ0n) is 6.27. The first kappa shape index (κ1) is 8.82. The van der Waals surface area contributed by atoms with Gasteiger partial charge >= 0.3 is 0 Å². The quantitative estimate of drug-likeness (QED) is 0.456. The van der Waals surface area contributed by atoms with Crippen LogP contribution in [0.3, 0.4) is 0 Å². The lowest BCUT2D eigenvalue weighted by molar-refractivity contribution is -0.0204. The Hall–Kier alpha value is 0.240. The van der Waals surface area contributed by atoms with Crippen molar-refractivity contribution in [2.75, 3.05) is 0 Å². The van der Waals surface area contributed by atoms with Crippen LogP contribution in [-0.4, -0.2) is 33.2 Å². The van der Waals surface area contributed by atoms with Crippen LogP contribution in [0.1, 0.15) is 0 Å². The number of aliphatic hydroxyl groups is 2. The van der Waals surface area contributed by atoms with Crippen LogP contribution in [0.15, 0.2) is 12.2 Å². The van der Waals surface area contributed by atoms with Gasteiger partial charge in [0, 0.05) is 11.8 Å². The van der Waals surface area contributed by atoms with Crippen molar-refractivity contribution in [1.82, 2.24) is 0 Å². The first-order valence-electron chi connectivity index (χ1n) is 3.95. The van der Waals surface area contributed by atoms with Gasteiger partial charge in [-0.25, -0.2) is 0 Å². The largest absolute Gasteiger partial charge is 0.389 e. The molecule has 0 aromatic heterocycles. The van der Waals surface area contributed by atoms with Crippen molar-refractivity contribution in [2.45, 2.75) is 23.0 Å². The van der Waals surface area contributed by atoms with E-state index < -0.39 is 12.2 Å². The third-order valence-electron chi connectivity index (χ3n) is 2.78. The summed E-state index contributed by atoms with van der Waals surface area (Å²) in [4.78, 5) is 0. The average Bonchev–Trinajstić information content (AvgIpc) is 2.07. The van der Waals surface area contributed by atoms with E-state index >= 15 is 0 Å². The van der Waals surface area contributed by atoms with Crippen molar-refractivity contribution in [3.05, 3.63) is 12.2 Å². The Labute approximate surface area is 80.8 Å². The summed E-state index contributed by atoms with van der Waals surface area (Å²) >= 11 is 11.8. The first-order valence-corrected chi connectivity index (χ1v) is 4.83. The van der Waals surface area contributed by atoms with Gasteiger partial charge in [-0.3, -0.25) is 0 Å². The molecule has 1 saturated carbocycles. The zero-order chi connectivity index (χ0) is 8.88. The number of rotatable bonds is 0. The SMILES string of the molecule is O[C@@H]1C=C[C@H](O)[C@H]2[C@H](Cl)[C@H](Cl)[C@H]21. The van der Waals surface area contributed by atoms with Gasteiger partial charge in [0.05, 0.1) is 23.0 Å². The van der Waals surface area contributed by atoms with E-state index in [1.807, 2.05) is 0 Å². The van der Waals surface area contributed by atoms with Gasteiger partial charge in [0.25, 0.3) is 0 Å².